The molecule has 25 heavy (non-hydrogen) atoms. The monoisotopic (exact) mass is 342 g/mol. The topological polar surface area (TPSA) is 0 Å². The molecule has 0 amide bonds. The fraction of sp³-hybridized carbons (Fsp3) is 1.00. The van der Waals surface area contributed by atoms with Gasteiger partial charge in [0, 0.05) is 0 Å². The molecule has 0 N–H and O–H groups in total. The minimum absolute atomic E-state index is 1.14. The maximum absolute atomic E-state index is 1.62. The van der Waals surface area contributed by atoms with E-state index in [4.69, 9.17) is 0 Å². The lowest BCUT2D eigenvalue weighted by molar-refractivity contribution is 0.000640. The summed E-state index contributed by atoms with van der Waals surface area (Å²) in [7, 11) is 0. The van der Waals surface area contributed by atoms with Crippen molar-refractivity contribution < 1.29 is 0 Å². The molecule has 8 unspecified atom stereocenters. The van der Waals surface area contributed by atoms with E-state index in [9.17, 15) is 0 Å². The van der Waals surface area contributed by atoms with Gasteiger partial charge in [0.15, 0.2) is 0 Å². The highest BCUT2D eigenvalue weighted by Gasteiger charge is 2.47. The Bertz CT molecular complexity index is 395. The third-order valence-corrected chi connectivity index (χ3v) is 9.99. The fourth-order valence-electron chi connectivity index (χ4n) is 9.12. The number of fused-ring (bicyclic) bond motifs is 2. The Kier molecular flexibility index (Phi) is 5.17. The van der Waals surface area contributed by atoms with Crippen LogP contribution in [-0.2, 0) is 0 Å². The molecule has 0 aliphatic heterocycles. The highest BCUT2D eigenvalue weighted by atomic mass is 14.5. The van der Waals surface area contributed by atoms with Crippen LogP contribution in [-0.4, -0.2) is 0 Å². The van der Waals surface area contributed by atoms with E-state index < -0.39 is 0 Å². The minimum atomic E-state index is 1.14. The van der Waals surface area contributed by atoms with Crippen LogP contribution in [0.25, 0.3) is 0 Å². The van der Waals surface area contributed by atoms with E-state index in [2.05, 4.69) is 0 Å². The van der Waals surface area contributed by atoms with E-state index in [1.54, 1.807) is 109 Å². The molecule has 0 radical (unpaired) electrons. The summed E-state index contributed by atoms with van der Waals surface area (Å²) in [5, 5.41) is 0. The van der Waals surface area contributed by atoms with E-state index >= 15 is 0 Å². The van der Waals surface area contributed by atoms with Crippen molar-refractivity contribution in [1.29, 1.82) is 0 Å². The highest BCUT2D eigenvalue weighted by Crippen LogP contribution is 2.57. The van der Waals surface area contributed by atoms with Gasteiger partial charge in [0.25, 0.3) is 0 Å². The summed E-state index contributed by atoms with van der Waals surface area (Å²) in [4.78, 5) is 0. The number of rotatable bonds is 2. The van der Waals surface area contributed by atoms with E-state index in [1.807, 2.05) is 0 Å². The molecule has 0 bridgehead atoms. The Balaban J connectivity index is 1.34. The average molecular weight is 343 g/mol. The van der Waals surface area contributed by atoms with Gasteiger partial charge in [0.2, 0.25) is 0 Å². The molecule has 0 aromatic rings. The number of hydrogen-bond acceptors (Lipinski definition) is 0. The fourth-order valence-corrected chi connectivity index (χ4v) is 9.12. The molecule has 0 nitrogen and oxygen atoms in total. The Hall–Kier alpha value is 0. The zero-order valence-corrected chi connectivity index (χ0v) is 16.6. The average Bonchev–Trinajstić information content (AvgIpc) is 3.16. The van der Waals surface area contributed by atoms with Crippen LogP contribution in [0.4, 0.5) is 0 Å². The molecule has 0 spiro atoms. The first-order chi connectivity index (χ1) is 12.4. The minimum Gasteiger partial charge on any atom is -0.0530 e. The lowest BCUT2D eigenvalue weighted by atomic mass is 9.56. The van der Waals surface area contributed by atoms with Gasteiger partial charge in [-0.15, -0.1) is 0 Å². The molecule has 0 saturated heterocycles. The van der Waals surface area contributed by atoms with E-state index in [-0.39, 0.29) is 0 Å². The van der Waals surface area contributed by atoms with Crippen molar-refractivity contribution in [3.8, 4) is 0 Å². The van der Waals surface area contributed by atoms with Crippen molar-refractivity contribution >= 4 is 0 Å². The predicted molar refractivity (Wildman–Crippen MR) is 106 cm³/mol. The Labute approximate surface area is 156 Å². The van der Waals surface area contributed by atoms with Gasteiger partial charge < -0.3 is 0 Å². The predicted octanol–water partition coefficient (Wildman–Crippen LogP) is 7.62. The maximum atomic E-state index is 1.62. The Morgan fingerprint density at radius 3 is 1.00 bits per heavy atom. The zero-order valence-electron chi connectivity index (χ0n) is 16.6. The summed E-state index contributed by atoms with van der Waals surface area (Å²) in [6.07, 6.45) is 27.0. The van der Waals surface area contributed by atoms with Crippen LogP contribution in [0.1, 0.15) is 109 Å². The van der Waals surface area contributed by atoms with Crippen molar-refractivity contribution in [1.82, 2.24) is 0 Å². The van der Waals surface area contributed by atoms with Gasteiger partial charge in [-0.2, -0.15) is 0 Å². The molecule has 142 valence electrons. The molecule has 5 saturated carbocycles. The summed E-state index contributed by atoms with van der Waals surface area (Å²) >= 11 is 0. The summed E-state index contributed by atoms with van der Waals surface area (Å²) in [5.41, 5.74) is 0. The highest BCUT2D eigenvalue weighted by molar-refractivity contribution is 4.97. The molecule has 5 fully saturated rings. The molecule has 0 heterocycles. The lowest BCUT2D eigenvalue weighted by Crippen LogP contribution is -2.41. The molecule has 0 aromatic heterocycles. The van der Waals surface area contributed by atoms with Gasteiger partial charge in [-0.1, -0.05) is 70.6 Å². The van der Waals surface area contributed by atoms with Crippen LogP contribution < -0.4 is 0 Å². The summed E-state index contributed by atoms with van der Waals surface area (Å²) in [5.74, 6) is 9.18. The van der Waals surface area contributed by atoms with Crippen molar-refractivity contribution in [2.24, 2.45) is 47.3 Å². The largest absolute Gasteiger partial charge is 0.0530 e. The quantitative estimate of drug-likeness (QED) is 0.484. The first-order valence-electron chi connectivity index (χ1n) is 12.4. The van der Waals surface area contributed by atoms with Gasteiger partial charge in [-0.3, -0.25) is 0 Å². The molecule has 0 aromatic carbocycles. The Morgan fingerprint density at radius 1 is 0.240 bits per heavy atom. The zero-order chi connectivity index (χ0) is 16.6. The second-order valence-electron chi connectivity index (χ2n) is 10.9. The molecule has 5 aliphatic rings. The smallest absolute Gasteiger partial charge is 0.0352 e. The van der Waals surface area contributed by atoms with Gasteiger partial charge in [0.05, 0.1) is 0 Å². The van der Waals surface area contributed by atoms with Crippen molar-refractivity contribution in [3.05, 3.63) is 0 Å². The number of hydrogen-bond donors (Lipinski definition) is 0. The normalized spacial score (nSPS) is 50.9. The first kappa shape index (κ1) is 17.1. The third kappa shape index (κ3) is 3.23. The van der Waals surface area contributed by atoms with Gasteiger partial charge in [0.1, 0.15) is 0 Å². The van der Waals surface area contributed by atoms with Crippen molar-refractivity contribution in [2.75, 3.05) is 0 Å². The van der Waals surface area contributed by atoms with Gasteiger partial charge in [-0.25, -0.2) is 0 Å². The van der Waals surface area contributed by atoms with Crippen LogP contribution in [0.5, 0.6) is 0 Å². The molecule has 5 rings (SSSR count). The first-order valence-corrected chi connectivity index (χ1v) is 12.4. The molecule has 8 atom stereocenters. The van der Waals surface area contributed by atoms with Crippen LogP contribution in [0, 0.1) is 47.3 Å². The second kappa shape index (κ2) is 7.55. The van der Waals surface area contributed by atoms with Crippen LogP contribution in [0.15, 0.2) is 0 Å². The van der Waals surface area contributed by atoms with Crippen molar-refractivity contribution in [2.45, 2.75) is 109 Å². The van der Waals surface area contributed by atoms with E-state index in [0.717, 1.165) is 47.3 Å². The SMILES string of the molecule is C1CCC2C(C1)CCCC2C1CCCC1C1CCCC2CCCCC21. The van der Waals surface area contributed by atoms with Crippen LogP contribution in [0.2, 0.25) is 0 Å². The summed E-state index contributed by atoms with van der Waals surface area (Å²) in [6, 6.07) is 0. The summed E-state index contributed by atoms with van der Waals surface area (Å²) in [6.45, 7) is 0. The lowest BCUT2D eigenvalue weighted by Gasteiger charge is -2.49. The molecule has 0 heteroatoms. The van der Waals surface area contributed by atoms with Crippen LogP contribution in [0.3, 0.4) is 0 Å². The standard InChI is InChI=1S/C25H42/c1-3-12-20-18(8-1)10-5-14-22(20)24-16-7-17-25(24)23-15-6-11-19-9-2-4-13-21(19)23/h18-25H,1-17H2. The van der Waals surface area contributed by atoms with Gasteiger partial charge in [-0.05, 0) is 85.9 Å². The third-order valence-electron chi connectivity index (χ3n) is 9.99. The van der Waals surface area contributed by atoms with Gasteiger partial charge >= 0.3 is 0 Å². The maximum Gasteiger partial charge on any atom is -0.0352 e. The van der Waals surface area contributed by atoms with Crippen LogP contribution >= 0.6 is 0 Å². The van der Waals surface area contributed by atoms with E-state index in [1.165, 1.54) is 0 Å². The Morgan fingerprint density at radius 2 is 0.520 bits per heavy atom. The summed E-state index contributed by atoms with van der Waals surface area (Å²) < 4.78 is 0. The van der Waals surface area contributed by atoms with E-state index in [0.29, 0.717) is 0 Å². The molecular weight excluding hydrogens is 300 g/mol. The second-order valence-corrected chi connectivity index (χ2v) is 10.9. The molecular formula is C25H42. The molecule has 5 aliphatic carbocycles. The van der Waals surface area contributed by atoms with Crippen molar-refractivity contribution in [3.63, 3.8) is 0 Å².